The quantitative estimate of drug-likeness (QED) is 0.759. The summed E-state index contributed by atoms with van der Waals surface area (Å²) >= 11 is 6.21. The van der Waals surface area contributed by atoms with Crippen molar-refractivity contribution in [2.75, 3.05) is 11.9 Å². The molecule has 0 fully saturated rings. The number of nitrogens with one attached hydrogen (secondary N) is 1. The van der Waals surface area contributed by atoms with Crippen molar-refractivity contribution in [3.63, 3.8) is 0 Å². The van der Waals surface area contributed by atoms with Gasteiger partial charge in [0, 0.05) is 18.0 Å². The lowest BCUT2D eigenvalue weighted by atomic mass is 9.85. The standard InChI is InChI=1S/C16H28ClN3/c1-9(2)13(10(3)4)8-18-16-12(7)14(17)19-15(20-16)11(5)6/h9-11,13H,8H2,1-7H3,(H,18,19,20). The van der Waals surface area contributed by atoms with Gasteiger partial charge in [-0.1, -0.05) is 53.1 Å². The number of nitrogens with zero attached hydrogens (tertiary/aromatic N) is 2. The van der Waals surface area contributed by atoms with Crippen molar-refractivity contribution in [1.29, 1.82) is 0 Å². The maximum Gasteiger partial charge on any atom is 0.137 e. The van der Waals surface area contributed by atoms with Crippen molar-refractivity contribution >= 4 is 17.4 Å². The first-order valence-electron chi connectivity index (χ1n) is 7.51. The van der Waals surface area contributed by atoms with Crippen LogP contribution in [0.2, 0.25) is 5.15 Å². The van der Waals surface area contributed by atoms with E-state index in [1.165, 1.54) is 0 Å². The topological polar surface area (TPSA) is 37.8 Å². The Morgan fingerprint density at radius 1 is 1.00 bits per heavy atom. The molecule has 114 valence electrons. The van der Waals surface area contributed by atoms with Crippen molar-refractivity contribution in [3.8, 4) is 0 Å². The first-order valence-corrected chi connectivity index (χ1v) is 7.89. The van der Waals surface area contributed by atoms with Gasteiger partial charge in [-0.15, -0.1) is 0 Å². The Bertz CT molecular complexity index is 434. The van der Waals surface area contributed by atoms with Gasteiger partial charge in [0.2, 0.25) is 0 Å². The molecule has 0 aliphatic carbocycles. The van der Waals surface area contributed by atoms with Crippen LogP contribution < -0.4 is 5.32 Å². The van der Waals surface area contributed by atoms with Gasteiger partial charge >= 0.3 is 0 Å². The molecular formula is C16H28ClN3. The largest absolute Gasteiger partial charge is 0.369 e. The Hall–Kier alpha value is -0.830. The first-order chi connectivity index (χ1) is 9.23. The summed E-state index contributed by atoms with van der Waals surface area (Å²) in [6.45, 7) is 16.1. The zero-order valence-corrected chi connectivity index (χ0v) is 14.5. The number of hydrogen-bond donors (Lipinski definition) is 1. The molecule has 1 rings (SSSR count). The third-order valence-corrected chi connectivity index (χ3v) is 4.21. The fourth-order valence-electron chi connectivity index (χ4n) is 2.39. The van der Waals surface area contributed by atoms with Crippen LogP contribution in [0.3, 0.4) is 0 Å². The molecule has 0 amide bonds. The molecule has 20 heavy (non-hydrogen) atoms. The zero-order chi connectivity index (χ0) is 15.4. The predicted octanol–water partition coefficient (Wildman–Crippen LogP) is 4.90. The fraction of sp³-hybridized carbons (Fsp3) is 0.750. The van der Waals surface area contributed by atoms with Gasteiger partial charge in [0.25, 0.3) is 0 Å². The van der Waals surface area contributed by atoms with Gasteiger partial charge in [0.1, 0.15) is 16.8 Å². The molecule has 0 radical (unpaired) electrons. The molecule has 1 heterocycles. The van der Waals surface area contributed by atoms with Gasteiger partial charge in [-0.05, 0) is 24.7 Å². The summed E-state index contributed by atoms with van der Waals surface area (Å²) in [5, 5.41) is 4.03. The second-order valence-corrected chi connectivity index (χ2v) is 6.89. The molecule has 1 aromatic heterocycles. The number of halogens is 1. The fourth-order valence-corrected chi connectivity index (χ4v) is 2.57. The Balaban J connectivity index is 2.91. The lowest BCUT2D eigenvalue weighted by Gasteiger charge is -2.26. The molecule has 4 heteroatoms. The van der Waals surface area contributed by atoms with Crippen molar-refractivity contribution in [1.82, 2.24) is 9.97 Å². The van der Waals surface area contributed by atoms with Crippen LogP contribution in [-0.2, 0) is 0 Å². The van der Waals surface area contributed by atoms with E-state index in [0.29, 0.717) is 22.9 Å². The predicted molar refractivity (Wildman–Crippen MR) is 87.5 cm³/mol. The van der Waals surface area contributed by atoms with E-state index in [1.54, 1.807) is 0 Å². The van der Waals surface area contributed by atoms with Crippen LogP contribution >= 0.6 is 11.6 Å². The van der Waals surface area contributed by atoms with Crippen LogP contribution in [0.25, 0.3) is 0 Å². The van der Waals surface area contributed by atoms with E-state index in [-0.39, 0.29) is 5.92 Å². The molecule has 0 aliphatic heterocycles. The highest BCUT2D eigenvalue weighted by Gasteiger charge is 2.19. The van der Waals surface area contributed by atoms with Crippen LogP contribution in [0, 0.1) is 24.7 Å². The van der Waals surface area contributed by atoms with Crippen LogP contribution in [0.1, 0.15) is 58.8 Å². The average Bonchev–Trinajstić information content (AvgIpc) is 2.33. The van der Waals surface area contributed by atoms with E-state index in [2.05, 4.69) is 56.8 Å². The van der Waals surface area contributed by atoms with Crippen LogP contribution in [0.15, 0.2) is 0 Å². The van der Waals surface area contributed by atoms with Crippen molar-refractivity contribution in [2.45, 2.75) is 54.4 Å². The van der Waals surface area contributed by atoms with E-state index in [0.717, 1.165) is 23.8 Å². The monoisotopic (exact) mass is 297 g/mol. The minimum Gasteiger partial charge on any atom is -0.369 e. The molecule has 0 spiro atoms. The van der Waals surface area contributed by atoms with E-state index < -0.39 is 0 Å². The molecular weight excluding hydrogens is 270 g/mol. The molecule has 0 saturated heterocycles. The third kappa shape index (κ3) is 4.34. The highest BCUT2D eigenvalue weighted by Crippen LogP contribution is 2.25. The Morgan fingerprint density at radius 2 is 1.55 bits per heavy atom. The third-order valence-electron chi connectivity index (χ3n) is 3.84. The lowest BCUT2D eigenvalue weighted by Crippen LogP contribution is -2.25. The minimum absolute atomic E-state index is 0.277. The minimum atomic E-state index is 0.277. The van der Waals surface area contributed by atoms with Crippen molar-refractivity contribution in [3.05, 3.63) is 16.5 Å². The van der Waals surface area contributed by atoms with Gasteiger partial charge in [-0.3, -0.25) is 0 Å². The van der Waals surface area contributed by atoms with Gasteiger partial charge < -0.3 is 5.32 Å². The van der Waals surface area contributed by atoms with Crippen molar-refractivity contribution < 1.29 is 0 Å². The molecule has 0 saturated carbocycles. The van der Waals surface area contributed by atoms with E-state index >= 15 is 0 Å². The summed E-state index contributed by atoms with van der Waals surface area (Å²) in [5.41, 5.74) is 0.933. The molecule has 0 aromatic carbocycles. The van der Waals surface area contributed by atoms with Crippen LogP contribution in [0.5, 0.6) is 0 Å². The van der Waals surface area contributed by atoms with E-state index in [9.17, 15) is 0 Å². The molecule has 3 nitrogen and oxygen atoms in total. The summed E-state index contributed by atoms with van der Waals surface area (Å²) < 4.78 is 0. The smallest absolute Gasteiger partial charge is 0.137 e. The summed E-state index contributed by atoms with van der Waals surface area (Å²) in [7, 11) is 0. The van der Waals surface area contributed by atoms with E-state index in [1.807, 2.05) is 6.92 Å². The van der Waals surface area contributed by atoms with Crippen LogP contribution in [-0.4, -0.2) is 16.5 Å². The lowest BCUT2D eigenvalue weighted by molar-refractivity contribution is 0.304. The summed E-state index contributed by atoms with van der Waals surface area (Å²) in [5.74, 6) is 3.85. The normalized spacial score (nSPS) is 12.0. The number of hydrogen-bond acceptors (Lipinski definition) is 3. The number of aromatic nitrogens is 2. The Kier molecular flexibility index (Phi) is 6.25. The van der Waals surface area contributed by atoms with Crippen LogP contribution in [0.4, 0.5) is 5.82 Å². The zero-order valence-electron chi connectivity index (χ0n) is 13.8. The Labute approximate surface area is 128 Å². The molecule has 1 N–H and O–H groups in total. The van der Waals surface area contributed by atoms with Gasteiger partial charge in [0.05, 0.1) is 0 Å². The van der Waals surface area contributed by atoms with Gasteiger partial charge in [-0.25, -0.2) is 9.97 Å². The molecule has 1 aromatic rings. The maximum absolute atomic E-state index is 6.21. The summed E-state index contributed by atoms with van der Waals surface area (Å²) in [6, 6.07) is 0. The van der Waals surface area contributed by atoms with Crippen molar-refractivity contribution in [2.24, 2.45) is 17.8 Å². The van der Waals surface area contributed by atoms with E-state index in [4.69, 9.17) is 11.6 Å². The second kappa shape index (κ2) is 7.26. The average molecular weight is 298 g/mol. The number of rotatable bonds is 6. The molecule has 0 atom stereocenters. The Morgan fingerprint density at radius 3 is 2.00 bits per heavy atom. The highest BCUT2D eigenvalue weighted by molar-refractivity contribution is 6.30. The first kappa shape index (κ1) is 17.2. The summed E-state index contributed by atoms with van der Waals surface area (Å²) in [6.07, 6.45) is 0. The second-order valence-electron chi connectivity index (χ2n) is 6.53. The SMILES string of the molecule is Cc1c(Cl)nc(C(C)C)nc1NCC(C(C)C)C(C)C. The number of anilines is 1. The van der Waals surface area contributed by atoms with Gasteiger partial charge in [-0.2, -0.15) is 0 Å². The van der Waals surface area contributed by atoms with Gasteiger partial charge in [0.15, 0.2) is 0 Å². The summed E-state index contributed by atoms with van der Waals surface area (Å²) in [4.78, 5) is 8.96. The molecule has 0 aliphatic rings. The molecule has 0 bridgehead atoms. The highest BCUT2D eigenvalue weighted by atomic mass is 35.5. The molecule has 0 unspecified atom stereocenters. The maximum atomic E-state index is 6.21.